The Kier molecular flexibility index (Phi) is 7.09. The van der Waals surface area contributed by atoms with Gasteiger partial charge in [0, 0.05) is 34.9 Å². The number of pyridine rings is 1. The normalized spacial score (nSPS) is 11.0. The number of anilines is 1. The van der Waals surface area contributed by atoms with Gasteiger partial charge in [0.05, 0.1) is 30.0 Å². The summed E-state index contributed by atoms with van der Waals surface area (Å²) in [6.45, 7) is 2.92. The van der Waals surface area contributed by atoms with E-state index in [1.807, 2.05) is 36.4 Å². The maximum Gasteiger partial charge on any atom is 0.162 e. The minimum absolute atomic E-state index is 0.656. The fourth-order valence-corrected chi connectivity index (χ4v) is 5.44. The Morgan fingerprint density at radius 1 is 0.833 bits per heavy atom. The first-order valence-corrected chi connectivity index (χ1v) is 12.7. The molecule has 0 spiro atoms. The van der Waals surface area contributed by atoms with Crippen LogP contribution < -0.4 is 14.8 Å². The van der Waals surface area contributed by atoms with E-state index in [0.717, 1.165) is 68.5 Å². The molecule has 0 aliphatic carbocycles. The number of rotatable bonds is 9. The number of ether oxygens (including phenoxy) is 2. The molecular formula is C29H28N4O2S. The number of thiophene rings is 1. The number of aryl methyl sites for hydroxylation is 2. The van der Waals surface area contributed by atoms with E-state index >= 15 is 0 Å². The monoisotopic (exact) mass is 496 g/mol. The van der Waals surface area contributed by atoms with E-state index in [2.05, 4.69) is 41.5 Å². The van der Waals surface area contributed by atoms with Gasteiger partial charge in [-0.1, -0.05) is 36.4 Å². The average molecular weight is 497 g/mol. The second-order valence-corrected chi connectivity index (χ2v) is 9.62. The maximum atomic E-state index is 5.74. The average Bonchev–Trinajstić information content (AvgIpc) is 3.26. The summed E-state index contributed by atoms with van der Waals surface area (Å²) in [5.41, 5.74) is 5.05. The first-order chi connectivity index (χ1) is 17.7. The van der Waals surface area contributed by atoms with Crippen molar-refractivity contribution in [3.63, 3.8) is 0 Å². The number of nitrogens with one attached hydrogen (secondary N) is 1. The Morgan fingerprint density at radius 2 is 1.56 bits per heavy atom. The molecule has 0 atom stereocenters. The summed E-state index contributed by atoms with van der Waals surface area (Å²) in [5.74, 6) is 2.99. The van der Waals surface area contributed by atoms with Gasteiger partial charge in [-0.25, -0.2) is 9.97 Å². The molecular weight excluding hydrogens is 468 g/mol. The SMILES string of the molecule is COc1cccc(OC)c1-c1c(C)sc2c(NCCCc3ccccc3)nc(-c3ccncc3)nc12. The van der Waals surface area contributed by atoms with Gasteiger partial charge in [0.15, 0.2) is 5.82 Å². The van der Waals surface area contributed by atoms with Crippen LogP contribution in [-0.4, -0.2) is 35.7 Å². The smallest absolute Gasteiger partial charge is 0.162 e. The lowest BCUT2D eigenvalue weighted by molar-refractivity contribution is 0.397. The number of nitrogens with zero attached hydrogens (tertiary/aromatic N) is 3. The van der Waals surface area contributed by atoms with E-state index in [-0.39, 0.29) is 0 Å². The highest BCUT2D eigenvalue weighted by atomic mass is 32.1. The van der Waals surface area contributed by atoms with Crippen molar-refractivity contribution in [2.45, 2.75) is 19.8 Å². The van der Waals surface area contributed by atoms with Gasteiger partial charge in [0.25, 0.3) is 0 Å². The van der Waals surface area contributed by atoms with E-state index in [0.29, 0.717) is 5.82 Å². The highest BCUT2D eigenvalue weighted by molar-refractivity contribution is 7.20. The summed E-state index contributed by atoms with van der Waals surface area (Å²) in [6.07, 6.45) is 5.53. The van der Waals surface area contributed by atoms with Gasteiger partial charge >= 0.3 is 0 Å². The summed E-state index contributed by atoms with van der Waals surface area (Å²) < 4.78 is 12.5. The van der Waals surface area contributed by atoms with Crippen LogP contribution in [0, 0.1) is 6.92 Å². The van der Waals surface area contributed by atoms with Crippen LogP contribution in [0.2, 0.25) is 0 Å². The molecule has 0 amide bonds. The predicted octanol–water partition coefficient (Wildman–Crippen LogP) is 6.79. The van der Waals surface area contributed by atoms with Gasteiger partial charge in [-0.2, -0.15) is 0 Å². The highest BCUT2D eigenvalue weighted by Crippen LogP contribution is 2.47. The first-order valence-electron chi connectivity index (χ1n) is 11.9. The molecule has 7 heteroatoms. The van der Waals surface area contributed by atoms with E-state index in [1.165, 1.54) is 5.56 Å². The van der Waals surface area contributed by atoms with Gasteiger partial charge in [0.1, 0.15) is 17.3 Å². The molecule has 182 valence electrons. The van der Waals surface area contributed by atoms with E-state index in [9.17, 15) is 0 Å². The van der Waals surface area contributed by atoms with Crippen molar-refractivity contribution in [2.24, 2.45) is 0 Å². The van der Waals surface area contributed by atoms with E-state index in [4.69, 9.17) is 19.4 Å². The topological polar surface area (TPSA) is 69.2 Å². The third-order valence-electron chi connectivity index (χ3n) is 6.10. The number of hydrogen-bond acceptors (Lipinski definition) is 7. The standard InChI is InChI=1S/C29H28N4O2S/c1-19-24(25-22(34-2)12-7-13-23(25)35-3)26-27(36-19)29(31-16-8-11-20-9-5-4-6-10-20)33-28(32-26)21-14-17-30-18-15-21/h4-7,9-10,12-15,17-18H,8,11,16H2,1-3H3,(H,31,32,33). The molecule has 0 aliphatic heterocycles. The van der Waals surface area contributed by atoms with Crippen molar-refractivity contribution in [3.8, 4) is 34.0 Å². The van der Waals surface area contributed by atoms with Crippen LogP contribution in [0.15, 0.2) is 73.1 Å². The van der Waals surface area contributed by atoms with Gasteiger partial charge in [-0.05, 0) is 49.6 Å². The lowest BCUT2D eigenvalue weighted by Crippen LogP contribution is -2.06. The van der Waals surface area contributed by atoms with Crippen molar-refractivity contribution >= 4 is 27.4 Å². The lowest BCUT2D eigenvalue weighted by Gasteiger charge is -2.14. The Bertz CT molecular complexity index is 1450. The molecule has 0 saturated heterocycles. The highest BCUT2D eigenvalue weighted by Gasteiger charge is 2.23. The number of methoxy groups -OCH3 is 2. The largest absolute Gasteiger partial charge is 0.496 e. The van der Waals surface area contributed by atoms with Crippen molar-refractivity contribution in [1.82, 2.24) is 15.0 Å². The molecule has 5 rings (SSSR count). The fourth-order valence-electron chi connectivity index (χ4n) is 4.37. The molecule has 36 heavy (non-hydrogen) atoms. The molecule has 0 aliphatic rings. The van der Waals surface area contributed by atoms with E-state index in [1.54, 1.807) is 38.0 Å². The fraction of sp³-hybridized carbons (Fsp3) is 0.207. The Labute approximate surface area is 215 Å². The molecule has 3 heterocycles. The van der Waals surface area contributed by atoms with Gasteiger partial charge < -0.3 is 14.8 Å². The van der Waals surface area contributed by atoms with Gasteiger partial charge in [0.2, 0.25) is 0 Å². The van der Waals surface area contributed by atoms with Crippen LogP contribution in [0.3, 0.4) is 0 Å². The van der Waals surface area contributed by atoms with Gasteiger partial charge in [-0.15, -0.1) is 11.3 Å². The van der Waals surface area contributed by atoms with Gasteiger partial charge in [-0.3, -0.25) is 4.98 Å². The summed E-state index contributed by atoms with van der Waals surface area (Å²) in [6, 6.07) is 20.3. The first kappa shape index (κ1) is 23.8. The molecule has 3 aromatic heterocycles. The molecule has 6 nitrogen and oxygen atoms in total. The molecule has 0 fully saturated rings. The second kappa shape index (κ2) is 10.7. The molecule has 0 saturated carbocycles. The summed E-state index contributed by atoms with van der Waals surface area (Å²) in [4.78, 5) is 15.3. The minimum Gasteiger partial charge on any atom is -0.496 e. The maximum absolute atomic E-state index is 5.74. The van der Waals surface area contributed by atoms with Crippen molar-refractivity contribution < 1.29 is 9.47 Å². The Balaban J connectivity index is 1.60. The molecule has 2 aromatic carbocycles. The number of fused-ring (bicyclic) bond motifs is 1. The number of benzene rings is 2. The quantitative estimate of drug-likeness (QED) is 0.227. The van der Waals surface area contributed by atoms with Crippen LogP contribution in [0.1, 0.15) is 16.9 Å². The zero-order chi connectivity index (χ0) is 24.9. The number of aromatic nitrogens is 3. The lowest BCUT2D eigenvalue weighted by atomic mass is 10.0. The molecule has 0 bridgehead atoms. The van der Waals surface area contributed by atoms with E-state index < -0.39 is 0 Å². The molecule has 5 aromatic rings. The summed E-state index contributed by atoms with van der Waals surface area (Å²) in [7, 11) is 3.36. The van der Waals surface area contributed by atoms with Crippen LogP contribution in [0.5, 0.6) is 11.5 Å². The molecule has 1 N–H and O–H groups in total. The van der Waals surface area contributed by atoms with Crippen molar-refractivity contribution in [1.29, 1.82) is 0 Å². The molecule has 0 radical (unpaired) electrons. The third-order valence-corrected chi connectivity index (χ3v) is 7.20. The number of hydrogen-bond donors (Lipinski definition) is 1. The predicted molar refractivity (Wildman–Crippen MR) is 147 cm³/mol. The van der Waals surface area contributed by atoms with Crippen molar-refractivity contribution in [3.05, 3.63) is 83.5 Å². The van der Waals surface area contributed by atoms with Crippen LogP contribution in [0.25, 0.3) is 32.7 Å². The summed E-state index contributed by atoms with van der Waals surface area (Å²) in [5, 5.41) is 3.60. The summed E-state index contributed by atoms with van der Waals surface area (Å²) >= 11 is 1.69. The second-order valence-electron chi connectivity index (χ2n) is 8.40. The minimum atomic E-state index is 0.656. The Hall–Kier alpha value is -3.97. The molecule has 0 unspecified atom stereocenters. The zero-order valence-corrected chi connectivity index (χ0v) is 21.4. The van der Waals surface area contributed by atoms with Crippen molar-refractivity contribution in [2.75, 3.05) is 26.1 Å². The third kappa shape index (κ3) is 4.75. The van der Waals surface area contributed by atoms with Crippen LogP contribution in [0.4, 0.5) is 5.82 Å². The Morgan fingerprint density at radius 3 is 2.25 bits per heavy atom. The van der Waals surface area contributed by atoms with Crippen LogP contribution >= 0.6 is 11.3 Å². The van der Waals surface area contributed by atoms with Crippen LogP contribution in [-0.2, 0) is 6.42 Å². The zero-order valence-electron chi connectivity index (χ0n) is 20.6.